The maximum Gasteiger partial charge on any atom is 0.261 e. The zero-order valence-corrected chi connectivity index (χ0v) is 10.2. The highest BCUT2D eigenvalue weighted by atomic mass is 32.1. The van der Waals surface area contributed by atoms with Crippen LogP contribution in [0.1, 0.15) is 27.1 Å². The Morgan fingerprint density at radius 1 is 1.22 bits per heavy atom. The van der Waals surface area contributed by atoms with Crippen LogP contribution in [0.25, 0.3) is 0 Å². The Morgan fingerprint density at radius 2 is 1.72 bits per heavy atom. The normalized spacial score (nSPS) is 15.8. The second kappa shape index (κ2) is 4.89. The Hall–Kier alpha value is -1.69. The first-order valence-corrected chi connectivity index (χ1v) is 5.75. The third kappa shape index (κ3) is 2.03. The van der Waals surface area contributed by atoms with E-state index in [4.69, 9.17) is 0 Å². The average Bonchev–Trinajstić information content (AvgIpc) is 2.60. The van der Waals surface area contributed by atoms with Crippen molar-refractivity contribution in [2.24, 2.45) is 0 Å². The smallest absolute Gasteiger partial charge is 0.261 e. The summed E-state index contributed by atoms with van der Waals surface area (Å²) >= 11 is 3.55. The molecule has 0 aliphatic carbocycles. The lowest BCUT2D eigenvalue weighted by Crippen LogP contribution is -2.42. The van der Waals surface area contributed by atoms with E-state index in [-0.39, 0.29) is 17.5 Å². The van der Waals surface area contributed by atoms with Crippen molar-refractivity contribution < 1.29 is 18.8 Å². The second-order valence-corrected chi connectivity index (χ2v) is 4.43. The van der Waals surface area contributed by atoms with Crippen LogP contribution < -0.4 is 0 Å². The lowest BCUT2D eigenvalue weighted by Gasteiger charge is -2.22. The number of hydrogen-bond donors (Lipinski definition) is 1. The molecule has 1 unspecified atom stereocenters. The number of nitrogens with zero attached hydrogens (tertiary/aromatic N) is 1. The van der Waals surface area contributed by atoms with E-state index in [0.29, 0.717) is 0 Å². The molecule has 94 valence electrons. The van der Waals surface area contributed by atoms with Gasteiger partial charge in [-0.05, 0) is 12.1 Å². The Bertz CT molecular complexity index is 497. The summed E-state index contributed by atoms with van der Waals surface area (Å²) < 4.78 is 12.9. The Labute approximate surface area is 108 Å². The quantitative estimate of drug-likeness (QED) is 0.664. The minimum Gasteiger partial charge on any atom is -0.287 e. The van der Waals surface area contributed by atoms with Crippen molar-refractivity contribution in [3.05, 3.63) is 35.4 Å². The predicted octanol–water partition coefficient (Wildman–Crippen LogP) is 1.47. The van der Waals surface area contributed by atoms with Gasteiger partial charge in [-0.3, -0.25) is 19.3 Å². The predicted molar refractivity (Wildman–Crippen MR) is 65.3 cm³/mol. The number of hydrogen-bond acceptors (Lipinski definition) is 3. The molecule has 6 heteroatoms. The summed E-state index contributed by atoms with van der Waals surface area (Å²) in [7, 11) is 0. The number of amides is 2. The highest BCUT2D eigenvalue weighted by Gasteiger charge is 2.40. The SMILES string of the molecule is O=C(S)CC(CF)N1C(=O)c2ccccc2C1=O. The minimum absolute atomic E-state index is 0.243. The van der Waals surface area contributed by atoms with E-state index in [1.54, 1.807) is 12.1 Å². The zero-order valence-electron chi connectivity index (χ0n) is 9.30. The number of carbonyl (C=O) groups excluding carboxylic acids is 3. The van der Waals surface area contributed by atoms with E-state index in [2.05, 4.69) is 12.6 Å². The first-order chi connectivity index (χ1) is 8.56. The highest BCUT2D eigenvalue weighted by molar-refractivity contribution is 7.96. The molecule has 1 aromatic rings. The van der Waals surface area contributed by atoms with Crippen molar-refractivity contribution >= 4 is 29.6 Å². The number of benzene rings is 1. The molecular weight excluding hydrogens is 257 g/mol. The molecule has 0 N–H and O–H groups in total. The van der Waals surface area contributed by atoms with Gasteiger partial charge in [0.25, 0.3) is 11.8 Å². The maximum atomic E-state index is 12.9. The van der Waals surface area contributed by atoms with Gasteiger partial charge in [0.05, 0.1) is 17.2 Å². The zero-order chi connectivity index (χ0) is 13.3. The van der Waals surface area contributed by atoms with Crippen LogP contribution in [0.2, 0.25) is 0 Å². The van der Waals surface area contributed by atoms with Crippen molar-refractivity contribution in [2.75, 3.05) is 6.67 Å². The highest BCUT2D eigenvalue weighted by Crippen LogP contribution is 2.25. The van der Waals surface area contributed by atoms with Crippen molar-refractivity contribution in [2.45, 2.75) is 12.5 Å². The fourth-order valence-corrected chi connectivity index (χ4v) is 2.17. The molecule has 0 saturated heterocycles. The van der Waals surface area contributed by atoms with Gasteiger partial charge in [0.2, 0.25) is 0 Å². The van der Waals surface area contributed by atoms with Gasteiger partial charge >= 0.3 is 0 Å². The topological polar surface area (TPSA) is 54.5 Å². The number of carbonyl (C=O) groups is 3. The summed E-state index contributed by atoms with van der Waals surface area (Å²) in [5.74, 6) is -1.12. The van der Waals surface area contributed by atoms with E-state index in [1.165, 1.54) is 12.1 Å². The molecule has 2 rings (SSSR count). The summed E-state index contributed by atoms with van der Waals surface area (Å²) in [6.45, 7) is -0.961. The van der Waals surface area contributed by atoms with Gasteiger partial charge < -0.3 is 0 Å². The lowest BCUT2D eigenvalue weighted by atomic mass is 10.1. The van der Waals surface area contributed by atoms with Gasteiger partial charge in [-0.25, -0.2) is 4.39 Å². The van der Waals surface area contributed by atoms with E-state index in [0.717, 1.165) is 4.90 Å². The van der Waals surface area contributed by atoms with Crippen molar-refractivity contribution in [3.8, 4) is 0 Å². The number of halogens is 1. The second-order valence-electron chi connectivity index (χ2n) is 3.93. The Kier molecular flexibility index (Phi) is 3.47. The molecule has 2 amide bonds. The molecule has 18 heavy (non-hydrogen) atoms. The number of alkyl halides is 1. The molecule has 0 aromatic heterocycles. The summed E-state index contributed by atoms with van der Waals surface area (Å²) in [6.07, 6.45) is -0.287. The van der Waals surface area contributed by atoms with Crippen LogP contribution >= 0.6 is 12.6 Å². The largest absolute Gasteiger partial charge is 0.287 e. The number of fused-ring (bicyclic) bond motifs is 1. The fourth-order valence-electron chi connectivity index (χ4n) is 1.96. The van der Waals surface area contributed by atoms with Gasteiger partial charge in [0.15, 0.2) is 5.12 Å². The molecule has 1 aliphatic rings. The molecule has 0 bridgehead atoms. The maximum absolute atomic E-state index is 12.9. The van der Waals surface area contributed by atoms with Crippen molar-refractivity contribution in [1.29, 1.82) is 0 Å². The van der Waals surface area contributed by atoms with Crippen molar-refractivity contribution in [1.82, 2.24) is 4.90 Å². The summed E-state index contributed by atoms with van der Waals surface area (Å²) in [6, 6.07) is 5.19. The van der Waals surface area contributed by atoms with Crippen LogP contribution in [0.4, 0.5) is 4.39 Å². The Balaban J connectivity index is 2.35. The van der Waals surface area contributed by atoms with Gasteiger partial charge in [-0.15, -0.1) is 12.6 Å². The molecular formula is C12H10FNO3S. The Morgan fingerprint density at radius 3 is 2.11 bits per heavy atom. The number of thiol groups is 1. The molecule has 0 spiro atoms. The molecule has 1 aromatic carbocycles. The van der Waals surface area contributed by atoms with Crippen LogP contribution in [0.5, 0.6) is 0 Å². The van der Waals surface area contributed by atoms with E-state index in [9.17, 15) is 18.8 Å². The number of imide groups is 1. The summed E-state index contributed by atoms with van der Waals surface area (Å²) in [4.78, 5) is 35.7. The van der Waals surface area contributed by atoms with Crippen LogP contribution in [-0.2, 0) is 4.79 Å². The van der Waals surface area contributed by atoms with E-state index in [1.807, 2.05) is 0 Å². The third-order valence-corrected chi connectivity index (χ3v) is 2.96. The first kappa shape index (κ1) is 12.8. The third-order valence-electron chi connectivity index (χ3n) is 2.78. The molecule has 0 fully saturated rings. The van der Waals surface area contributed by atoms with Gasteiger partial charge in [0.1, 0.15) is 6.67 Å². The van der Waals surface area contributed by atoms with Crippen LogP contribution in [0, 0.1) is 0 Å². The fraction of sp³-hybridized carbons (Fsp3) is 0.250. The molecule has 1 atom stereocenters. The standard InChI is InChI=1S/C12H10FNO3S/c13-6-7(5-10(15)18)14-11(16)8-3-1-2-4-9(8)12(14)17/h1-4,7H,5-6H2,(H,15,18). The average molecular weight is 267 g/mol. The molecule has 0 saturated carbocycles. The van der Waals surface area contributed by atoms with E-state index >= 15 is 0 Å². The number of rotatable bonds is 4. The van der Waals surface area contributed by atoms with Crippen molar-refractivity contribution in [3.63, 3.8) is 0 Å². The first-order valence-electron chi connectivity index (χ1n) is 5.31. The van der Waals surface area contributed by atoms with Gasteiger partial charge in [-0.1, -0.05) is 12.1 Å². The van der Waals surface area contributed by atoms with Gasteiger partial charge in [-0.2, -0.15) is 0 Å². The summed E-state index contributed by atoms with van der Waals surface area (Å²) in [5, 5.41) is -0.561. The monoisotopic (exact) mass is 267 g/mol. The lowest BCUT2D eigenvalue weighted by molar-refractivity contribution is -0.111. The molecule has 1 heterocycles. The van der Waals surface area contributed by atoms with Crippen LogP contribution in [-0.4, -0.2) is 34.5 Å². The molecule has 1 aliphatic heterocycles. The van der Waals surface area contributed by atoms with Gasteiger partial charge in [0, 0.05) is 6.42 Å². The van der Waals surface area contributed by atoms with Crippen LogP contribution in [0.15, 0.2) is 24.3 Å². The van der Waals surface area contributed by atoms with E-state index < -0.39 is 29.6 Å². The summed E-state index contributed by atoms with van der Waals surface area (Å²) in [5.41, 5.74) is 0.486. The van der Waals surface area contributed by atoms with Crippen LogP contribution in [0.3, 0.4) is 0 Å². The minimum atomic E-state index is -1.08. The molecule has 0 radical (unpaired) electrons. The molecule has 4 nitrogen and oxygen atoms in total.